The molecule has 0 spiro atoms. The average molecular weight is 657 g/mol. The Morgan fingerprint density at radius 2 is 0.812 bits per heavy atom. The summed E-state index contributed by atoms with van der Waals surface area (Å²) in [7, 11) is -6.23. The Morgan fingerprint density at radius 3 is 1.33 bits per heavy atom. The Kier molecular flexibility index (Phi) is 7.93. The summed E-state index contributed by atoms with van der Waals surface area (Å²) in [4.78, 5) is 0. The molecule has 2 unspecified atom stereocenters. The van der Waals surface area contributed by atoms with Crippen LogP contribution in [0, 0.1) is 0 Å². The van der Waals surface area contributed by atoms with Crippen molar-refractivity contribution in [2.24, 2.45) is 0 Å². The van der Waals surface area contributed by atoms with Crippen LogP contribution >= 0.6 is 14.3 Å². The first-order chi connectivity index (χ1) is 23.5. The van der Waals surface area contributed by atoms with Crippen molar-refractivity contribution in [2.75, 3.05) is 0 Å². The second kappa shape index (κ2) is 12.6. The first-order valence-corrected chi connectivity index (χ1v) is 19.8. The molecule has 232 valence electrons. The van der Waals surface area contributed by atoms with Crippen LogP contribution in [0.15, 0.2) is 187 Å². The van der Waals surface area contributed by atoms with Crippen molar-refractivity contribution < 1.29 is 9.13 Å². The molecule has 0 N–H and O–H groups in total. The molecular weight excluding hydrogens is 622 g/mol. The fourth-order valence-electron chi connectivity index (χ4n) is 6.84. The summed E-state index contributed by atoms with van der Waals surface area (Å²) in [6.07, 6.45) is 8.18. The molecule has 4 heteroatoms. The van der Waals surface area contributed by atoms with E-state index in [0.29, 0.717) is 0 Å². The largest absolute Gasteiger partial charge is 0.309 e. The van der Waals surface area contributed by atoms with E-state index in [1.54, 1.807) is 0 Å². The highest BCUT2D eigenvalue weighted by Gasteiger charge is 2.32. The lowest BCUT2D eigenvalue weighted by atomic mass is 10.1. The van der Waals surface area contributed by atoms with Crippen molar-refractivity contribution in [2.45, 2.75) is 12.8 Å². The van der Waals surface area contributed by atoms with E-state index >= 15 is 9.13 Å². The molecule has 0 saturated heterocycles. The van der Waals surface area contributed by atoms with Gasteiger partial charge in [-0.2, -0.15) is 0 Å². The number of allylic oxidation sites excluding steroid dienone is 4. The van der Waals surface area contributed by atoms with Crippen LogP contribution in [0.4, 0.5) is 0 Å². The van der Waals surface area contributed by atoms with Gasteiger partial charge >= 0.3 is 0 Å². The first-order valence-electron chi connectivity index (χ1n) is 16.4. The molecule has 2 nitrogen and oxygen atoms in total. The van der Waals surface area contributed by atoms with Gasteiger partial charge in [0.2, 0.25) is 0 Å². The number of benzene rings is 7. The molecule has 7 aromatic rings. The highest BCUT2D eigenvalue weighted by Crippen LogP contribution is 2.54. The Bertz CT molecular complexity index is 2440. The molecule has 0 heterocycles. The van der Waals surface area contributed by atoms with Crippen LogP contribution in [0.1, 0.15) is 12.8 Å². The Balaban J connectivity index is 1.17. The van der Waals surface area contributed by atoms with Gasteiger partial charge in [0.15, 0.2) is 14.3 Å². The highest BCUT2D eigenvalue weighted by atomic mass is 31.2. The van der Waals surface area contributed by atoms with E-state index in [4.69, 9.17) is 0 Å². The van der Waals surface area contributed by atoms with Gasteiger partial charge in [-0.1, -0.05) is 170 Å². The fraction of sp³-hybridized carbons (Fsp3) is 0.0455. The third-order valence-corrected chi connectivity index (χ3v) is 15.6. The molecular formula is C44H34O2P2. The van der Waals surface area contributed by atoms with Crippen molar-refractivity contribution in [1.82, 2.24) is 0 Å². The third-order valence-electron chi connectivity index (χ3n) is 9.45. The van der Waals surface area contributed by atoms with E-state index in [9.17, 15) is 0 Å². The lowest BCUT2D eigenvalue weighted by molar-refractivity contribution is 0.590. The van der Waals surface area contributed by atoms with Crippen LogP contribution in [0.25, 0.3) is 32.7 Å². The molecule has 7 aromatic carbocycles. The van der Waals surface area contributed by atoms with Crippen molar-refractivity contribution in [3.63, 3.8) is 0 Å². The normalized spacial score (nSPS) is 15.5. The minimum Gasteiger partial charge on any atom is -0.309 e. The molecule has 48 heavy (non-hydrogen) atoms. The molecule has 0 aliphatic heterocycles. The van der Waals surface area contributed by atoms with Crippen molar-refractivity contribution >= 4 is 62.4 Å². The fourth-order valence-corrected chi connectivity index (χ4v) is 12.3. The summed E-state index contributed by atoms with van der Waals surface area (Å²) in [5.41, 5.74) is 2.03. The Labute approximate surface area is 281 Å². The maximum atomic E-state index is 15.2. The molecule has 0 radical (unpaired) electrons. The molecule has 0 aromatic heterocycles. The first kappa shape index (κ1) is 30.3. The van der Waals surface area contributed by atoms with Crippen LogP contribution in [0.2, 0.25) is 0 Å². The predicted octanol–water partition coefficient (Wildman–Crippen LogP) is 9.85. The van der Waals surface area contributed by atoms with E-state index < -0.39 is 14.3 Å². The minimum absolute atomic E-state index is 0.793. The van der Waals surface area contributed by atoms with Gasteiger partial charge in [-0.3, -0.25) is 0 Å². The zero-order valence-corrected chi connectivity index (χ0v) is 28.2. The van der Waals surface area contributed by atoms with Gasteiger partial charge < -0.3 is 9.13 Å². The lowest BCUT2D eigenvalue weighted by Gasteiger charge is -2.23. The van der Waals surface area contributed by atoms with Gasteiger partial charge in [-0.25, -0.2) is 0 Å². The van der Waals surface area contributed by atoms with Gasteiger partial charge in [0, 0.05) is 31.8 Å². The van der Waals surface area contributed by atoms with Crippen LogP contribution in [0.3, 0.4) is 0 Å². The smallest absolute Gasteiger partial charge is 0.171 e. The molecule has 0 fully saturated rings. The number of hydrogen-bond acceptors (Lipinski definition) is 2. The van der Waals surface area contributed by atoms with Crippen LogP contribution in [-0.4, -0.2) is 0 Å². The van der Waals surface area contributed by atoms with Gasteiger partial charge in [0.05, 0.1) is 0 Å². The maximum Gasteiger partial charge on any atom is 0.171 e. The van der Waals surface area contributed by atoms with E-state index in [2.05, 4.69) is 84.9 Å². The summed E-state index contributed by atoms with van der Waals surface area (Å²) in [6, 6.07) is 54.8. The van der Waals surface area contributed by atoms with Crippen molar-refractivity contribution in [3.8, 4) is 11.1 Å². The minimum atomic E-state index is -3.14. The van der Waals surface area contributed by atoms with Crippen molar-refractivity contribution in [1.29, 1.82) is 0 Å². The van der Waals surface area contributed by atoms with Gasteiger partial charge in [0.25, 0.3) is 0 Å². The second-order valence-corrected chi connectivity index (χ2v) is 17.9. The molecule has 2 atom stereocenters. The van der Waals surface area contributed by atoms with Crippen LogP contribution in [-0.2, 0) is 9.13 Å². The molecule has 8 rings (SSSR count). The Morgan fingerprint density at radius 1 is 0.375 bits per heavy atom. The van der Waals surface area contributed by atoms with Crippen molar-refractivity contribution in [3.05, 3.63) is 187 Å². The average Bonchev–Trinajstić information content (AvgIpc) is 3.17. The maximum absolute atomic E-state index is 15.2. The third kappa shape index (κ3) is 5.32. The number of fused-ring (bicyclic) bond motifs is 2. The topological polar surface area (TPSA) is 34.1 Å². The number of hydrogen-bond donors (Lipinski definition) is 0. The van der Waals surface area contributed by atoms with Crippen LogP contribution < -0.4 is 26.5 Å². The Hall–Kier alpha value is -5.00. The van der Waals surface area contributed by atoms with Gasteiger partial charge in [0.1, 0.15) is 0 Å². The zero-order chi connectivity index (χ0) is 32.6. The molecule has 1 aliphatic carbocycles. The predicted molar refractivity (Wildman–Crippen MR) is 206 cm³/mol. The van der Waals surface area contributed by atoms with E-state index in [-0.39, 0.29) is 0 Å². The standard InChI is InChI=1S/C44H34O2P2/c45-47(39-15-3-1-4-16-39,43-29-23-33-11-7-9-13-37(33)31-43)41-25-19-35(20-26-41)36-21-27-42(28-22-36)48(46,40-17-5-2-6-18-40)44-30-24-34-12-8-10-14-38(34)32-44/h1,3-5,7-32H,2,6H2. The molecule has 0 saturated carbocycles. The SMILES string of the molecule is O=P(C1=CCCC=C1)(c1ccc(-c2ccc(P(=O)(c3ccccc3)c3ccc4ccccc4c3)cc2)cc1)c1ccc2ccccc2c1. The van der Waals surface area contributed by atoms with E-state index in [1.807, 2.05) is 97.1 Å². The van der Waals surface area contributed by atoms with E-state index in [0.717, 1.165) is 77.4 Å². The summed E-state index contributed by atoms with van der Waals surface area (Å²) in [5, 5.41) is 9.41. The van der Waals surface area contributed by atoms with Gasteiger partial charge in [-0.05, 0) is 57.6 Å². The quantitative estimate of drug-likeness (QED) is 0.160. The lowest BCUT2D eigenvalue weighted by Crippen LogP contribution is -2.25. The molecule has 0 amide bonds. The molecule has 1 aliphatic rings. The summed E-state index contributed by atoms with van der Waals surface area (Å²) in [5.74, 6) is 0. The summed E-state index contributed by atoms with van der Waals surface area (Å²) in [6.45, 7) is 0. The summed E-state index contributed by atoms with van der Waals surface area (Å²) >= 11 is 0. The van der Waals surface area contributed by atoms with E-state index in [1.165, 1.54) is 0 Å². The van der Waals surface area contributed by atoms with Gasteiger partial charge in [-0.15, -0.1) is 0 Å². The monoisotopic (exact) mass is 656 g/mol. The second-order valence-electron chi connectivity index (χ2n) is 12.3. The van der Waals surface area contributed by atoms with Crippen LogP contribution in [0.5, 0.6) is 0 Å². The molecule has 0 bridgehead atoms. The highest BCUT2D eigenvalue weighted by molar-refractivity contribution is 7.85. The zero-order valence-electron chi connectivity index (χ0n) is 26.4. The summed E-state index contributed by atoms with van der Waals surface area (Å²) < 4.78 is 30.4. The number of rotatable bonds is 7.